The molecule has 0 heterocycles. The summed E-state index contributed by atoms with van der Waals surface area (Å²) in [4.78, 5) is 11.4. The van der Waals surface area contributed by atoms with Gasteiger partial charge in [0.15, 0.2) is 0 Å². The van der Waals surface area contributed by atoms with Crippen molar-refractivity contribution in [2.24, 2.45) is 0 Å². The summed E-state index contributed by atoms with van der Waals surface area (Å²) in [6.07, 6.45) is 4.84. The lowest BCUT2D eigenvalue weighted by Gasteiger charge is -2.13. The van der Waals surface area contributed by atoms with Crippen LogP contribution < -0.4 is 10.6 Å². The molecule has 0 saturated heterocycles. The molecular formula is C10H20N2O2S. The number of carbonyl (C=O) groups is 1. The second kappa shape index (κ2) is 6.23. The lowest BCUT2D eigenvalue weighted by atomic mass is 10.2. The highest BCUT2D eigenvalue weighted by Crippen LogP contribution is 2.17. The van der Waals surface area contributed by atoms with Gasteiger partial charge in [-0.15, -0.1) is 0 Å². The standard InChI is InChI=1S/C10H20N2O2S/c1-8(5-6-15(2)14)12-10(13)7-11-9-3-4-9/h8-9,11H,3-7H2,1-2H3,(H,12,13). The van der Waals surface area contributed by atoms with Gasteiger partial charge in [-0.3, -0.25) is 9.00 Å². The van der Waals surface area contributed by atoms with E-state index in [0.29, 0.717) is 18.3 Å². The first-order chi connectivity index (χ1) is 7.08. The molecule has 0 bridgehead atoms. The number of rotatable bonds is 7. The van der Waals surface area contributed by atoms with Crippen LogP contribution in [0.15, 0.2) is 0 Å². The number of hydrogen-bond acceptors (Lipinski definition) is 3. The van der Waals surface area contributed by atoms with Gasteiger partial charge in [-0.25, -0.2) is 0 Å². The number of amides is 1. The molecule has 1 amide bonds. The highest BCUT2D eigenvalue weighted by atomic mass is 32.2. The van der Waals surface area contributed by atoms with Crippen molar-refractivity contribution in [2.75, 3.05) is 18.6 Å². The zero-order valence-electron chi connectivity index (χ0n) is 9.41. The Kier molecular flexibility index (Phi) is 5.25. The molecule has 1 rings (SSSR count). The second-order valence-electron chi connectivity index (χ2n) is 4.19. The van der Waals surface area contributed by atoms with Crippen LogP contribution in [0.5, 0.6) is 0 Å². The summed E-state index contributed by atoms with van der Waals surface area (Å²) in [6.45, 7) is 2.35. The minimum absolute atomic E-state index is 0.0382. The van der Waals surface area contributed by atoms with E-state index >= 15 is 0 Å². The third-order valence-corrected chi connectivity index (χ3v) is 3.18. The molecule has 5 heteroatoms. The van der Waals surface area contributed by atoms with E-state index in [2.05, 4.69) is 10.6 Å². The van der Waals surface area contributed by atoms with Gasteiger partial charge in [-0.1, -0.05) is 0 Å². The molecule has 2 unspecified atom stereocenters. The van der Waals surface area contributed by atoms with E-state index in [0.717, 1.165) is 6.42 Å². The second-order valence-corrected chi connectivity index (χ2v) is 5.74. The van der Waals surface area contributed by atoms with Gasteiger partial charge in [0.05, 0.1) is 6.54 Å². The van der Waals surface area contributed by atoms with E-state index < -0.39 is 10.8 Å². The summed E-state index contributed by atoms with van der Waals surface area (Å²) >= 11 is 0. The Labute approximate surface area is 93.7 Å². The molecule has 0 aromatic carbocycles. The number of carbonyl (C=O) groups excluding carboxylic acids is 1. The maximum absolute atomic E-state index is 11.4. The van der Waals surface area contributed by atoms with Crippen LogP contribution in [0.25, 0.3) is 0 Å². The SMILES string of the molecule is CC(CCS(C)=O)NC(=O)CNC1CC1. The summed E-state index contributed by atoms with van der Waals surface area (Å²) in [5.41, 5.74) is 0. The quantitative estimate of drug-likeness (QED) is 0.650. The summed E-state index contributed by atoms with van der Waals surface area (Å²) in [6, 6.07) is 0.677. The monoisotopic (exact) mass is 232 g/mol. The van der Waals surface area contributed by atoms with E-state index in [9.17, 15) is 9.00 Å². The van der Waals surface area contributed by atoms with Crippen LogP contribution in [0.1, 0.15) is 26.2 Å². The normalized spacial score (nSPS) is 19.6. The van der Waals surface area contributed by atoms with Gasteiger partial charge in [0, 0.05) is 34.9 Å². The zero-order valence-corrected chi connectivity index (χ0v) is 10.2. The predicted octanol–water partition coefficient (Wildman–Crippen LogP) is 0.0117. The van der Waals surface area contributed by atoms with E-state index in [4.69, 9.17) is 0 Å². The molecule has 2 N–H and O–H groups in total. The molecular weight excluding hydrogens is 212 g/mol. The van der Waals surface area contributed by atoms with Crippen LogP contribution in [-0.2, 0) is 15.6 Å². The fourth-order valence-corrected chi connectivity index (χ4v) is 1.95. The Bertz CT molecular complexity index is 242. The van der Waals surface area contributed by atoms with Gasteiger partial charge >= 0.3 is 0 Å². The predicted molar refractivity (Wildman–Crippen MR) is 62.2 cm³/mol. The van der Waals surface area contributed by atoms with Crippen LogP contribution in [0.4, 0.5) is 0 Å². The molecule has 1 aliphatic rings. The van der Waals surface area contributed by atoms with Crippen LogP contribution >= 0.6 is 0 Å². The molecule has 0 aromatic rings. The maximum Gasteiger partial charge on any atom is 0.234 e. The Morgan fingerprint density at radius 3 is 2.73 bits per heavy atom. The smallest absolute Gasteiger partial charge is 0.234 e. The maximum atomic E-state index is 11.4. The minimum atomic E-state index is -0.769. The topological polar surface area (TPSA) is 58.2 Å². The fraction of sp³-hybridized carbons (Fsp3) is 0.900. The molecule has 0 spiro atoms. The molecule has 88 valence electrons. The zero-order chi connectivity index (χ0) is 11.3. The summed E-state index contributed by atoms with van der Waals surface area (Å²) < 4.78 is 10.8. The van der Waals surface area contributed by atoms with Gasteiger partial charge < -0.3 is 10.6 Å². The van der Waals surface area contributed by atoms with Crippen molar-refractivity contribution in [3.05, 3.63) is 0 Å². The first-order valence-corrected chi connectivity index (χ1v) is 7.13. The first-order valence-electron chi connectivity index (χ1n) is 5.40. The van der Waals surface area contributed by atoms with Gasteiger partial charge in [0.25, 0.3) is 0 Å². The van der Waals surface area contributed by atoms with E-state index in [1.54, 1.807) is 6.26 Å². The van der Waals surface area contributed by atoms with Crippen molar-refractivity contribution < 1.29 is 9.00 Å². The molecule has 1 saturated carbocycles. The Balaban J connectivity index is 2.04. The minimum Gasteiger partial charge on any atom is -0.353 e. The lowest BCUT2D eigenvalue weighted by Crippen LogP contribution is -2.40. The average Bonchev–Trinajstić information content (AvgIpc) is 2.95. The van der Waals surface area contributed by atoms with Crippen LogP contribution in [0, 0.1) is 0 Å². The molecule has 1 fully saturated rings. The molecule has 0 aliphatic heterocycles. The summed E-state index contributed by atoms with van der Waals surface area (Å²) in [7, 11) is -0.769. The third kappa shape index (κ3) is 6.62. The van der Waals surface area contributed by atoms with Gasteiger partial charge in [0.1, 0.15) is 0 Å². The summed E-state index contributed by atoms with van der Waals surface area (Å²) in [5, 5.41) is 6.04. The lowest BCUT2D eigenvalue weighted by molar-refractivity contribution is -0.120. The largest absolute Gasteiger partial charge is 0.353 e. The van der Waals surface area contributed by atoms with E-state index in [-0.39, 0.29) is 11.9 Å². The first kappa shape index (κ1) is 12.6. The average molecular weight is 232 g/mol. The Morgan fingerprint density at radius 2 is 2.20 bits per heavy atom. The van der Waals surface area contributed by atoms with Crippen molar-refractivity contribution >= 4 is 16.7 Å². The number of nitrogens with one attached hydrogen (secondary N) is 2. The molecule has 0 radical (unpaired) electrons. The van der Waals surface area contributed by atoms with Crippen molar-refractivity contribution in [1.82, 2.24) is 10.6 Å². The van der Waals surface area contributed by atoms with Crippen molar-refractivity contribution in [3.63, 3.8) is 0 Å². The van der Waals surface area contributed by atoms with Gasteiger partial charge in [-0.05, 0) is 26.2 Å². The molecule has 15 heavy (non-hydrogen) atoms. The Hall–Kier alpha value is -0.420. The van der Waals surface area contributed by atoms with Crippen molar-refractivity contribution in [1.29, 1.82) is 0 Å². The fourth-order valence-electron chi connectivity index (χ4n) is 1.27. The van der Waals surface area contributed by atoms with Crippen LogP contribution in [-0.4, -0.2) is 40.8 Å². The van der Waals surface area contributed by atoms with Crippen molar-refractivity contribution in [2.45, 2.75) is 38.3 Å². The molecule has 4 nitrogen and oxygen atoms in total. The van der Waals surface area contributed by atoms with Gasteiger partial charge in [0.2, 0.25) is 5.91 Å². The van der Waals surface area contributed by atoms with Crippen LogP contribution in [0.2, 0.25) is 0 Å². The highest BCUT2D eigenvalue weighted by Gasteiger charge is 2.21. The van der Waals surface area contributed by atoms with E-state index in [1.807, 2.05) is 6.92 Å². The third-order valence-electron chi connectivity index (χ3n) is 2.37. The van der Waals surface area contributed by atoms with Crippen LogP contribution in [0.3, 0.4) is 0 Å². The summed E-state index contributed by atoms with van der Waals surface area (Å²) in [5.74, 6) is 0.689. The molecule has 0 aromatic heterocycles. The van der Waals surface area contributed by atoms with E-state index in [1.165, 1.54) is 12.8 Å². The number of hydrogen-bond donors (Lipinski definition) is 2. The molecule has 1 aliphatic carbocycles. The molecule has 2 atom stereocenters. The Morgan fingerprint density at radius 1 is 1.53 bits per heavy atom. The van der Waals surface area contributed by atoms with Crippen molar-refractivity contribution in [3.8, 4) is 0 Å². The highest BCUT2D eigenvalue weighted by molar-refractivity contribution is 7.84. The van der Waals surface area contributed by atoms with Gasteiger partial charge in [-0.2, -0.15) is 0 Å².